The van der Waals surface area contributed by atoms with Crippen molar-refractivity contribution in [2.24, 2.45) is 0 Å². The van der Waals surface area contributed by atoms with Gasteiger partial charge in [-0.25, -0.2) is 4.57 Å². The van der Waals surface area contributed by atoms with E-state index in [2.05, 4.69) is 0 Å². The fourth-order valence-electron chi connectivity index (χ4n) is 0.825. The molecule has 0 amide bonds. The third-order valence-corrected chi connectivity index (χ3v) is 10.0. The van der Waals surface area contributed by atoms with E-state index in [9.17, 15) is 4.57 Å². The Kier molecular flexibility index (Phi) is 19.1. The van der Waals surface area contributed by atoms with E-state index in [-0.39, 0.29) is 0 Å². The van der Waals surface area contributed by atoms with Crippen LogP contribution in [-0.4, -0.2) is 64.8 Å². The van der Waals surface area contributed by atoms with E-state index in [0.29, 0.717) is 6.61 Å². The van der Waals surface area contributed by atoms with Crippen LogP contribution in [-0.2, 0) is 39.0 Å². The molecule has 0 unspecified atom stereocenters. The Balaban J connectivity index is 0. The molecule has 0 spiro atoms. The third-order valence-electron chi connectivity index (χ3n) is 1.97. The van der Waals surface area contributed by atoms with Gasteiger partial charge in [-0.15, -0.1) is 0 Å². The van der Waals surface area contributed by atoms with Gasteiger partial charge in [0.15, 0.2) is 0 Å². The number of hydrogen-bond acceptors (Lipinski definition) is 10. The second-order valence-corrected chi connectivity index (χ2v) is 12.9. The van der Waals surface area contributed by atoms with Gasteiger partial charge in [-0.1, -0.05) is 0 Å². The minimum Gasteiger partial charge on any atom is -0.312 e. The second-order valence-electron chi connectivity index (χ2n) is 3.28. The van der Waals surface area contributed by atoms with Crippen LogP contribution in [0.3, 0.4) is 0 Å². The highest BCUT2D eigenvalue weighted by Gasteiger charge is 2.20. The minimum absolute atomic E-state index is 0.583. The van der Waals surface area contributed by atoms with Gasteiger partial charge < -0.3 is 22.6 Å². The minimum atomic E-state index is -2.81. The normalized spacial score (nSPS) is 11.9. The lowest BCUT2D eigenvalue weighted by Crippen LogP contribution is -1.98. The Hall–Kier alpha value is 1.73. The molecule has 0 radical (unpaired) electrons. The van der Waals surface area contributed by atoms with Gasteiger partial charge in [0.2, 0.25) is 0 Å². The molecule has 0 aliphatic carbocycles. The molecule has 6 nitrogen and oxygen atoms in total. The molecule has 0 aliphatic rings. The standard InChI is InChI=1S/2C5H13O3PS2/c1-7-9(6,8-2)11-5-4-10-3;1-6-9(10,7-2)8-4-5-11-3/h2*4-5H2,1-3H3. The van der Waals surface area contributed by atoms with E-state index < -0.39 is 13.5 Å². The summed E-state index contributed by atoms with van der Waals surface area (Å²) >= 11 is 9.60. The summed E-state index contributed by atoms with van der Waals surface area (Å²) < 4.78 is 35.8. The molecule has 0 saturated carbocycles. The van der Waals surface area contributed by atoms with Crippen LogP contribution in [0.25, 0.3) is 0 Å². The monoisotopic (exact) mass is 432 g/mol. The second kappa shape index (κ2) is 16.2. The van der Waals surface area contributed by atoms with Crippen LogP contribution >= 0.6 is 48.4 Å². The molecule has 22 heavy (non-hydrogen) atoms. The van der Waals surface area contributed by atoms with Gasteiger partial charge in [0.05, 0.1) is 6.61 Å². The van der Waals surface area contributed by atoms with Crippen molar-refractivity contribution in [3.05, 3.63) is 0 Å². The first-order chi connectivity index (χ1) is 10.4. The van der Waals surface area contributed by atoms with Gasteiger partial charge in [-0.3, -0.25) is 0 Å². The highest BCUT2D eigenvalue weighted by Crippen LogP contribution is 2.59. The maximum Gasteiger partial charge on any atom is 0.388 e. The van der Waals surface area contributed by atoms with Crippen molar-refractivity contribution in [2.45, 2.75) is 0 Å². The van der Waals surface area contributed by atoms with Crippen molar-refractivity contribution in [3.8, 4) is 0 Å². The van der Waals surface area contributed by atoms with Gasteiger partial charge in [-0.2, -0.15) is 23.5 Å². The van der Waals surface area contributed by atoms with Gasteiger partial charge in [-0.05, 0) is 35.7 Å². The lowest BCUT2D eigenvalue weighted by Gasteiger charge is -2.16. The quantitative estimate of drug-likeness (QED) is 0.328. The molecular formula is C10H26O6P2S4. The molecule has 0 aliphatic heterocycles. The number of rotatable bonds is 12. The average molecular weight is 433 g/mol. The molecule has 0 atom stereocenters. The highest BCUT2D eigenvalue weighted by atomic mass is 32.7. The molecule has 12 heteroatoms. The number of hydrogen-bond donors (Lipinski definition) is 0. The fraction of sp³-hybridized carbons (Fsp3) is 1.00. The lowest BCUT2D eigenvalue weighted by molar-refractivity contribution is 0.212. The first-order valence-electron chi connectivity index (χ1n) is 6.06. The molecule has 0 rings (SSSR count). The topological polar surface area (TPSA) is 63.2 Å². The van der Waals surface area contributed by atoms with E-state index in [1.54, 1.807) is 23.5 Å². The van der Waals surface area contributed by atoms with Gasteiger partial charge in [0, 0.05) is 45.7 Å². The maximum atomic E-state index is 11.3. The summed E-state index contributed by atoms with van der Waals surface area (Å²) in [4.78, 5) is 0. The van der Waals surface area contributed by atoms with Crippen LogP contribution in [0.2, 0.25) is 0 Å². The molecule has 0 aromatic rings. The first-order valence-corrected chi connectivity index (χ1v) is 14.5. The zero-order valence-corrected chi connectivity index (χ0v) is 18.9. The highest BCUT2D eigenvalue weighted by molar-refractivity contribution is 8.55. The third kappa shape index (κ3) is 14.1. The molecule has 0 heterocycles. The van der Waals surface area contributed by atoms with Crippen molar-refractivity contribution in [3.63, 3.8) is 0 Å². The van der Waals surface area contributed by atoms with E-state index in [4.69, 9.17) is 34.4 Å². The van der Waals surface area contributed by atoms with E-state index in [1.807, 2.05) is 12.5 Å². The van der Waals surface area contributed by atoms with Gasteiger partial charge in [0.25, 0.3) is 0 Å². The fourth-order valence-corrected chi connectivity index (χ4v) is 5.62. The summed E-state index contributed by atoms with van der Waals surface area (Å²) in [5.74, 6) is 2.66. The van der Waals surface area contributed by atoms with Crippen molar-refractivity contribution in [1.29, 1.82) is 0 Å². The largest absolute Gasteiger partial charge is 0.388 e. The number of thioether (sulfide) groups is 2. The summed E-state index contributed by atoms with van der Waals surface area (Å²) in [5, 5.41) is 0. The van der Waals surface area contributed by atoms with E-state index in [0.717, 1.165) is 17.3 Å². The Morgan fingerprint density at radius 1 is 0.864 bits per heavy atom. The lowest BCUT2D eigenvalue weighted by atomic mass is 10.9. The van der Waals surface area contributed by atoms with E-state index >= 15 is 0 Å². The molecule has 0 bridgehead atoms. The van der Waals surface area contributed by atoms with Crippen LogP contribution in [0.15, 0.2) is 0 Å². The van der Waals surface area contributed by atoms with Crippen LogP contribution in [0.4, 0.5) is 0 Å². The zero-order chi connectivity index (χ0) is 17.5. The molecule has 0 aromatic heterocycles. The summed E-state index contributed by atoms with van der Waals surface area (Å²) in [7, 11) is 5.81. The van der Waals surface area contributed by atoms with Crippen molar-refractivity contribution >= 4 is 60.2 Å². The van der Waals surface area contributed by atoms with Crippen LogP contribution in [0.5, 0.6) is 0 Å². The Labute approximate surface area is 152 Å². The molecule has 0 N–H and O–H groups in total. The Morgan fingerprint density at radius 2 is 1.36 bits per heavy atom. The van der Waals surface area contributed by atoms with Crippen molar-refractivity contribution < 1.29 is 27.2 Å². The zero-order valence-electron chi connectivity index (χ0n) is 13.8. The van der Waals surface area contributed by atoms with Crippen LogP contribution in [0.1, 0.15) is 0 Å². The summed E-state index contributed by atoms with van der Waals surface area (Å²) in [6.07, 6.45) is 4.01. The average Bonchev–Trinajstić information content (AvgIpc) is 2.55. The first kappa shape index (κ1) is 26.0. The maximum absolute atomic E-state index is 11.3. The van der Waals surface area contributed by atoms with Crippen molar-refractivity contribution in [1.82, 2.24) is 0 Å². The predicted octanol–water partition coefficient (Wildman–Crippen LogP) is 4.37. The van der Waals surface area contributed by atoms with E-state index in [1.165, 1.54) is 39.8 Å². The summed E-state index contributed by atoms with van der Waals surface area (Å²) in [6, 6.07) is 0. The molecule has 0 fully saturated rings. The van der Waals surface area contributed by atoms with Crippen LogP contribution in [0, 0.1) is 0 Å². The molecular weight excluding hydrogens is 406 g/mol. The Bertz CT molecular complexity index is 299. The van der Waals surface area contributed by atoms with Gasteiger partial charge >= 0.3 is 13.5 Å². The predicted molar refractivity (Wildman–Crippen MR) is 105 cm³/mol. The Morgan fingerprint density at radius 3 is 1.73 bits per heavy atom. The smallest absolute Gasteiger partial charge is 0.312 e. The molecule has 0 saturated heterocycles. The van der Waals surface area contributed by atoms with Gasteiger partial charge in [0.1, 0.15) is 0 Å². The molecule has 0 aromatic carbocycles. The summed E-state index contributed by atoms with van der Waals surface area (Å²) in [5.41, 5.74) is 0. The van der Waals surface area contributed by atoms with Crippen LogP contribution < -0.4 is 0 Å². The molecule has 136 valence electrons. The van der Waals surface area contributed by atoms with Crippen molar-refractivity contribution in [2.75, 3.05) is 64.8 Å². The SMILES string of the molecule is COP(=O)(OC)SCCSC.COP(=S)(OC)OCCSC. The summed E-state index contributed by atoms with van der Waals surface area (Å²) in [6.45, 7) is -4.61.